The summed E-state index contributed by atoms with van der Waals surface area (Å²) in [5, 5.41) is 11.2. The van der Waals surface area contributed by atoms with Gasteiger partial charge >= 0.3 is 5.97 Å². The minimum Gasteiger partial charge on any atom is -0.494 e. The number of carboxylic acid groups (broad SMARTS) is 1. The van der Waals surface area contributed by atoms with E-state index in [2.05, 4.69) is 41.1 Å². The summed E-state index contributed by atoms with van der Waals surface area (Å²) in [5.74, 6) is 0.0437. The number of halogens is 1. The van der Waals surface area contributed by atoms with E-state index in [0.717, 1.165) is 51.4 Å². The highest BCUT2D eigenvalue weighted by molar-refractivity contribution is 6.32. The van der Waals surface area contributed by atoms with Crippen molar-refractivity contribution in [2.75, 3.05) is 6.61 Å². The van der Waals surface area contributed by atoms with Crippen LogP contribution in [0, 0.1) is 13.8 Å². The molecule has 0 atom stereocenters. The summed E-state index contributed by atoms with van der Waals surface area (Å²) in [6.45, 7) is 5.01. The van der Waals surface area contributed by atoms with E-state index in [4.69, 9.17) is 16.3 Å². The number of carboxylic acids is 1. The lowest BCUT2D eigenvalue weighted by Crippen LogP contribution is -2.04. The van der Waals surface area contributed by atoms with Gasteiger partial charge in [-0.2, -0.15) is 0 Å². The third-order valence-corrected chi connectivity index (χ3v) is 6.50. The summed E-state index contributed by atoms with van der Waals surface area (Å²) in [5.41, 5.74) is 6.57. The number of benzene rings is 3. The van der Waals surface area contributed by atoms with Gasteiger partial charge in [-0.25, -0.2) is 0 Å². The van der Waals surface area contributed by atoms with Gasteiger partial charge in [0.1, 0.15) is 5.75 Å². The fourth-order valence-corrected chi connectivity index (χ4v) is 4.43. The average Bonchev–Trinajstić information content (AvgIpc) is 3.17. The molecule has 1 aromatic heterocycles. The van der Waals surface area contributed by atoms with E-state index in [1.165, 1.54) is 10.9 Å². The average molecular weight is 462 g/mol. The highest BCUT2D eigenvalue weighted by Gasteiger charge is 2.14. The summed E-state index contributed by atoms with van der Waals surface area (Å²) in [6, 6.07) is 20.5. The van der Waals surface area contributed by atoms with Crippen LogP contribution in [0.25, 0.3) is 22.0 Å². The van der Waals surface area contributed by atoms with E-state index < -0.39 is 5.97 Å². The zero-order valence-corrected chi connectivity index (χ0v) is 19.7. The molecule has 0 fully saturated rings. The van der Waals surface area contributed by atoms with Crippen LogP contribution in [0.15, 0.2) is 66.9 Å². The van der Waals surface area contributed by atoms with Crippen molar-refractivity contribution in [3.05, 3.63) is 88.6 Å². The molecule has 0 radical (unpaired) electrons. The lowest BCUT2D eigenvalue weighted by atomic mass is 10.0. The maximum absolute atomic E-state index is 11.2. The number of nitrogens with zero attached hydrogens (tertiary/aromatic N) is 1. The highest BCUT2D eigenvalue weighted by Crippen LogP contribution is 2.33. The van der Waals surface area contributed by atoms with Crippen LogP contribution in [0.2, 0.25) is 5.02 Å². The predicted octanol–water partition coefficient (Wildman–Crippen LogP) is 7.06. The molecule has 33 heavy (non-hydrogen) atoms. The Morgan fingerprint density at radius 1 is 1.03 bits per heavy atom. The second-order valence-corrected chi connectivity index (χ2v) is 8.76. The molecule has 0 spiro atoms. The summed E-state index contributed by atoms with van der Waals surface area (Å²) >= 11 is 6.26. The van der Waals surface area contributed by atoms with Crippen LogP contribution in [0.1, 0.15) is 29.5 Å². The molecule has 1 heterocycles. The Balaban J connectivity index is 1.56. The number of hydrogen-bond donors (Lipinski definition) is 1. The van der Waals surface area contributed by atoms with Gasteiger partial charge < -0.3 is 14.4 Å². The first-order valence-corrected chi connectivity index (χ1v) is 11.6. The van der Waals surface area contributed by atoms with Crippen molar-refractivity contribution in [2.45, 2.75) is 39.7 Å². The molecule has 0 unspecified atom stereocenters. The number of aromatic nitrogens is 1. The Labute approximate surface area is 199 Å². The van der Waals surface area contributed by atoms with Crippen LogP contribution in [0.5, 0.6) is 5.75 Å². The molecule has 0 saturated carbocycles. The van der Waals surface area contributed by atoms with E-state index >= 15 is 0 Å². The van der Waals surface area contributed by atoms with Crippen LogP contribution < -0.4 is 4.74 Å². The number of aliphatic carboxylic acids is 1. The first-order valence-electron chi connectivity index (χ1n) is 11.2. The third-order valence-electron chi connectivity index (χ3n) is 5.90. The second-order valence-electron chi connectivity index (χ2n) is 8.38. The summed E-state index contributed by atoms with van der Waals surface area (Å²) in [7, 11) is 0. The van der Waals surface area contributed by atoms with Gasteiger partial charge in [0.15, 0.2) is 0 Å². The first kappa shape index (κ1) is 22.9. The maximum Gasteiger partial charge on any atom is 0.305 e. The van der Waals surface area contributed by atoms with Gasteiger partial charge in [0.25, 0.3) is 0 Å². The number of hydrogen-bond acceptors (Lipinski definition) is 2. The quantitative estimate of drug-likeness (QED) is 0.271. The fourth-order valence-electron chi connectivity index (χ4n) is 4.32. The minimum atomic E-state index is -0.794. The standard InChI is InChI=1S/C28H28ClNO3/c1-19-16-23(17-20(2)27(19)29)33-15-7-10-22-18-30(14-13-26(31)32)28-24(11-6-12-25(22)28)21-8-4-3-5-9-21/h3-6,8-9,11-12,16-18H,7,10,13-15H2,1-2H3,(H,31,32). The molecule has 5 heteroatoms. The van der Waals surface area contributed by atoms with Crippen molar-refractivity contribution in [3.8, 4) is 16.9 Å². The third kappa shape index (κ3) is 5.23. The SMILES string of the molecule is Cc1cc(OCCCc2cn(CCC(=O)O)c3c(-c4ccccc4)cccc23)cc(C)c1Cl. The molecule has 170 valence electrons. The van der Waals surface area contributed by atoms with Gasteiger partial charge in [0.2, 0.25) is 0 Å². The largest absolute Gasteiger partial charge is 0.494 e. The molecule has 0 bridgehead atoms. The van der Waals surface area contributed by atoms with Crippen LogP contribution in [0.4, 0.5) is 0 Å². The van der Waals surface area contributed by atoms with Crippen molar-refractivity contribution in [3.63, 3.8) is 0 Å². The highest BCUT2D eigenvalue weighted by atomic mass is 35.5. The van der Waals surface area contributed by atoms with Crippen LogP contribution in [-0.2, 0) is 17.8 Å². The van der Waals surface area contributed by atoms with Gasteiger partial charge in [-0.3, -0.25) is 4.79 Å². The molecule has 1 N–H and O–H groups in total. The molecule has 4 aromatic rings. The lowest BCUT2D eigenvalue weighted by Gasteiger charge is -2.10. The molecule has 0 saturated heterocycles. The minimum absolute atomic E-state index is 0.0880. The number of carbonyl (C=O) groups is 1. The molecule has 4 rings (SSSR count). The van der Waals surface area contributed by atoms with E-state index in [1.807, 2.05) is 44.2 Å². The topological polar surface area (TPSA) is 51.5 Å². The Kier molecular flexibility index (Phi) is 7.05. The van der Waals surface area contributed by atoms with E-state index in [-0.39, 0.29) is 6.42 Å². The molecule has 3 aromatic carbocycles. The number of para-hydroxylation sites is 1. The second kappa shape index (κ2) is 10.1. The Morgan fingerprint density at radius 3 is 2.45 bits per heavy atom. The first-order chi connectivity index (χ1) is 15.9. The number of fused-ring (bicyclic) bond motifs is 1. The van der Waals surface area contributed by atoms with Crippen molar-refractivity contribution in [2.24, 2.45) is 0 Å². The van der Waals surface area contributed by atoms with E-state index in [0.29, 0.717) is 13.2 Å². The normalized spacial score (nSPS) is 11.1. The predicted molar refractivity (Wildman–Crippen MR) is 134 cm³/mol. The van der Waals surface area contributed by atoms with Crippen molar-refractivity contribution < 1.29 is 14.6 Å². The van der Waals surface area contributed by atoms with Crippen LogP contribution >= 0.6 is 11.6 Å². The number of ether oxygens (including phenoxy) is 1. The van der Waals surface area contributed by atoms with Gasteiger partial charge in [0.05, 0.1) is 18.5 Å². The fraction of sp³-hybridized carbons (Fsp3) is 0.250. The van der Waals surface area contributed by atoms with E-state index in [1.54, 1.807) is 0 Å². The summed E-state index contributed by atoms with van der Waals surface area (Å²) < 4.78 is 8.08. The van der Waals surface area contributed by atoms with Crippen molar-refractivity contribution in [1.82, 2.24) is 4.57 Å². The van der Waals surface area contributed by atoms with Crippen LogP contribution in [-0.4, -0.2) is 22.2 Å². The number of aryl methyl sites for hydroxylation is 4. The summed E-state index contributed by atoms with van der Waals surface area (Å²) in [4.78, 5) is 11.2. The maximum atomic E-state index is 11.2. The molecular formula is C28H28ClNO3. The Hall–Kier alpha value is -3.24. The number of rotatable bonds is 9. The van der Waals surface area contributed by atoms with Gasteiger partial charge in [-0.15, -0.1) is 0 Å². The van der Waals surface area contributed by atoms with Gasteiger partial charge in [-0.05, 0) is 61.1 Å². The molecule has 0 aliphatic rings. The van der Waals surface area contributed by atoms with E-state index in [9.17, 15) is 9.90 Å². The van der Waals surface area contributed by atoms with Gasteiger partial charge in [-0.1, -0.05) is 60.1 Å². The molecule has 0 aliphatic carbocycles. The summed E-state index contributed by atoms with van der Waals surface area (Å²) in [6.07, 6.45) is 3.90. The Bertz CT molecular complexity index is 1250. The van der Waals surface area contributed by atoms with Crippen LogP contribution in [0.3, 0.4) is 0 Å². The van der Waals surface area contributed by atoms with Gasteiger partial charge in [0, 0.05) is 28.7 Å². The molecule has 0 amide bonds. The monoisotopic (exact) mass is 461 g/mol. The lowest BCUT2D eigenvalue weighted by molar-refractivity contribution is -0.137. The smallest absolute Gasteiger partial charge is 0.305 e. The zero-order chi connectivity index (χ0) is 23.4. The molecule has 0 aliphatic heterocycles. The molecule has 4 nitrogen and oxygen atoms in total. The zero-order valence-electron chi connectivity index (χ0n) is 19.0. The van der Waals surface area contributed by atoms with Crippen molar-refractivity contribution in [1.29, 1.82) is 0 Å². The Morgan fingerprint density at radius 2 is 1.76 bits per heavy atom. The van der Waals surface area contributed by atoms with Crippen molar-refractivity contribution >= 4 is 28.5 Å². The molecular weight excluding hydrogens is 434 g/mol.